The van der Waals surface area contributed by atoms with Crippen molar-refractivity contribution in [2.75, 3.05) is 59.5 Å². The number of imide groups is 1. The molecule has 3 amide bonds. The van der Waals surface area contributed by atoms with Crippen LogP contribution in [-0.2, 0) is 9.53 Å². The number of hydrogen-bond acceptors (Lipinski definition) is 7. The number of likely N-dealkylation sites (N-methyl/N-ethyl adjacent to an activating group) is 2. The summed E-state index contributed by atoms with van der Waals surface area (Å²) in [7, 11) is 1.68. The fourth-order valence-corrected chi connectivity index (χ4v) is 3.59. The van der Waals surface area contributed by atoms with Gasteiger partial charge in [-0.3, -0.25) is 10.1 Å². The van der Waals surface area contributed by atoms with E-state index in [-0.39, 0.29) is 5.91 Å². The largest absolute Gasteiger partial charge is 0.380 e. The maximum atomic E-state index is 12.5. The number of carbonyl (C=O) groups excluding carboxylic acids is 2. The van der Waals surface area contributed by atoms with E-state index in [4.69, 9.17) is 9.73 Å². The number of nitrogens with one attached hydrogen (secondary N) is 1. The molecule has 9 nitrogen and oxygen atoms in total. The van der Waals surface area contributed by atoms with Crippen molar-refractivity contribution in [3.8, 4) is 0 Å². The summed E-state index contributed by atoms with van der Waals surface area (Å²) < 4.78 is 5.49. The van der Waals surface area contributed by atoms with Crippen LogP contribution in [0, 0.1) is 0 Å². The number of hydrogen-bond donors (Lipinski definition) is 1. The molecule has 140 valence electrons. The van der Waals surface area contributed by atoms with Crippen LogP contribution in [0.3, 0.4) is 0 Å². The Morgan fingerprint density at radius 3 is 2.56 bits per heavy atom. The van der Waals surface area contributed by atoms with Gasteiger partial charge in [-0.15, -0.1) is 0 Å². The van der Waals surface area contributed by atoms with Crippen LogP contribution in [-0.4, -0.2) is 109 Å². The lowest BCUT2D eigenvalue weighted by molar-refractivity contribution is -0.127. The molecule has 9 heteroatoms. The first-order chi connectivity index (χ1) is 12.1. The SMILES string of the molecule is CCOCCN1C(N2CCN(CC)CC2)=NC2C1C(=O)NC(=O)N2C. The first-order valence-electron chi connectivity index (χ1n) is 9.04. The summed E-state index contributed by atoms with van der Waals surface area (Å²) in [6.07, 6.45) is -0.470. The highest BCUT2D eigenvalue weighted by atomic mass is 16.5. The van der Waals surface area contributed by atoms with Crippen LogP contribution < -0.4 is 5.32 Å². The van der Waals surface area contributed by atoms with Crippen LogP contribution in [0.4, 0.5) is 4.79 Å². The number of carbonyl (C=O) groups is 2. The number of rotatable bonds is 5. The minimum Gasteiger partial charge on any atom is -0.380 e. The molecule has 3 aliphatic heterocycles. The van der Waals surface area contributed by atoms with E-state index in [1.165, 1.54) is 4.90 Å². The number of amides is 3. The molecule has 3 heterocycles. The van der Waals surface area contributed by atoms with Gasteiger partial charge >= 0.3 is 6.03 Å². The summed E-state index contributed by atoms with van der Waals surface area (Å²) in [5.41, 5.74) is 0. The Labute approximate surface area is 148 Å². The number of urea groups is 1. The molecule has 0 aliphatic carbocycles. The number of ether oxygens (including phenoxy) is 1. The summed E-state index contributed by atoms with van der Waals surface area (Å²) >= 11 is 0. The third kappa shape index (κ3) is 3.43. The molecule has 0 aromatic carbocycles. The molecular formula is C16H28N6O3. The van der Waals surface area contributed by atoms with E-state index in [0.717, 1.165) is 38.7 Å². The summed E-state index contributed by atoms with van der Waals surface area (Å²) in [4.78, 5) is 37.3. The first kappa shape index (κ1) is 17.9. The van der Waals surface area contributed by atoms with Crippen LogP contribution in [0.25, 0.3) is 0 Å². The average Bonchev–Trinajstić information content (AvgIpc) is 3.00. The third-order valence-electron chi connectivity index (χ3n) is 5.12. The van der Waals surface area contributed by atoms with E-state index in [0.29, 0.717) is 19.8 Å². The van der Waals surface area contributed by atoms with Gasteiger partial charge in [0.25, 0.3) is 5.91 Å². The smallest absolute Gasteiger partial charge is 0.325 e. The van der Waals surface area contributed by atoms with Crippen molar-refractivity contribution < 1.29 is 14.3 Å². The second-order valence-electron chi connectivity index (χ2n) is 6.50. The van der Waals surface area contributed by atoms with Crippen molar-refractivity contribution in [2.45, 2.75) is 26.1 Å². The van der Waals surface area contributed by atoms with Gasteiger partial charge in [0.1, 0.15) is 0 Å². The van der Waals surface area contributed by atoms with E-state index in [1.54, 1.807) is 7.05 Å². The normalized spacial score (nSPS) is 27.5. The van der Waals surface area contributed by atoms with Crippen LogP contribution in [0.5, 0.6) is 0 Å². The molecule has 25 heavy (non-hydrogen) atoms. The highest BCUT2D eigenvalue weighted by Gasteiger charge is 2.49. The van der Waals surface area contributed by atoms with Crippen molar-refractivity contribution >= 4 is 17.9 Å². The van der Waals surface area contributed by atoms with Gasteiger partial charge in [-0.1, -0.05) is 6.92 Å². The van der Waals surface area contributed by atoms with Crippen molar-refractivity contribution in [3.05, 3.63) is 0 Å². The summed E-state index contributed by atoms with van der Waals surface area (Å²) in [5.74, 6) is 0.526. The van der Waals surface area contributed by atoms with Gasteiger partial charge < -0.3 is 24.3 Å². The first-order valence-corrected chi connectivity index (χ1v) is 9.04. The molecular weight excluding hydrogens is 324 g/mol. The molecule has 0 radical (unpaired) electrons. The quantitative estimate of drug-likeness (QED) is 0.653. The zero-order valence-electron chi connectivity index (χ0n) is 15.3. The summed E-state index contributed by atoms with van der Waals surface area (Å²) in [6.45, 7) is 10.6. The molecule has 2 unspecified atom stereocenters. The molecule has 0 aromatic rings. The van der Waals surface area contributed by atoms with E-state index in [9.17, 15) is 9.59 Å². The van der Waals surface area contributed by atoms with Crippen molar-refractivity contribution in [1.29, 1.82) is 0 Å². The van der Waals surface area contributed by atoms with Crippen molar-refractivity contribution in [3.63, 3.8) is 0 Å². The Morgan fingerprint density at radius 1 is 1.20 bits per heavy atom. The average molecular weight is 352 g/mol. The Morgan fingerprint density at radius 2 is 1.92 bits per heavy atom. The zero-order chi connectivity index (χ0) is 18.0. The fraction of sp³-hybridized carbons (Fsp3) is 0.812. The topological polar surface area (TPSA) is 80.7 Å². The van der Waals surface area contributed by atoms with Gasteiger partial charge in [-0.05, 0) is 13.5 Å². The molecule has 0 aromatic heterocycles. The minimum atomic E-state index is -0.484. The Hall–Kier alpha value is -1.87. The van der Waals surface area contributed by atoms with E-state index in [1.807, 2.05) is 11.8 Å². The summed E-state index contributed by atoms with van der Waals surface area (Å²) in [5, 5.41) is 2.43. The molecule has 0 spiro atoms. The lowest BCUT2D eigenvalue weighted by atomic mass is 10.1. The number of aliphatic imine (C=N–C) groups is 1. The summed E-state index contributed by atoms with van der Waals surface area (Å²) in [6, 6.07) is -0.876. The number of fused-ring (bicyclic) bond motifs is 1. The van der Waals surface area contributed by atoms with Gasteiger partial charge in [0.15, 0.2) is 18.2 Å². The van der Waals surface area contributed by atoms with Crippen LogP contribution in [0.1, 0.15) is 13.8 Å². The van der Waals surface area contributed by atoms with Gasteiger partial charge in [-0.2, -0.15) is 0 Å². The molecule has 3 rings (SSSR count). The standard InChI is InChI=1S/C16H28N6O3/c1-4-20-6-8-21(9-7-20)15-17-13-12(22(15)10-11-25-5-2)14(23)18-16(24)19(13)3/h12-13H,4-11H2,1-3H3,(H,18,23,24). The predicted octanol–water partition coefficient (Wildman–Crippen LogP) is -0.792. The van der Waals surface area contributed by atoms with Gasteiger partial charge in [0.2, 0.25) is 0 Å². The Balaban J connectivity index is 1.80. The van der Waals surface area contributed by atoms with Gasteiger partial charge in [0.05, 0.1) is 6.61 Å². The molecule has 0 saturated carbocycles. The molecule has 2 fully saturated rings. The number of guanidine groups is 1. The van der Waals surface area contributed by atoms with Crippen LogP contribution >= 0.6 is 0 Å². The van der Waals surface area contributed by atoms with Crippen LogP contribution in [0.15, 0.2) is 4.99 Å². The molecule has 2 saturated heterocycles. The highest BCUT2D eigenvalue weighted by molar-refractivity contribution is 6.03. The second-order valence-corrected chi connectivity index (χ2v) is 6.50. The fourth-order valence-electron chi connectivity index (χ4n) is 3.59. The zero-order valence-corrected chi connectivity index (χ0v) is 15.3. The predicted molar refractivity (Wildman–Crippen MR) is 93.2 cm³/mol. The van der Waals surface area contributed by atoms with E-state index >= 15 is 0 Å². The maximum absolute atomic E-state index is 12.5. The lowest BCUT2D eigenvalue weighted by Gasteiger charge is -2.40. The van der Waals surface area contributed by atoms with Gasteiger partial charge in [0, 0.05) is 46.4 Å². The van der Waals surface area contributed by atoms with Crippen LogP contribution in [0.2, 0.25) is 0 Å². The van der Waals surface area contributed by atoms with Crippen molar-refractivity contribution in [1.82, 2.24) is 24.9 Å². The number of nitrogens with zero attached hydrogens (tertiary/aromatic N) is 5. The Bertz CT molecular complexity index is 546. The Kier molecular flexibility index (Phi) is 5.43. The van der Waals surface area contributed by atoms with Crippen molar-refractivity contribution in [2.24, 2.45) is 4.99 Å². The molecule has 0 bridgehead atoms. The lowest BCUT2D eigenvalue weighted by Crippen LogP contribution is -2.65. The minimum absolute atomic E-state index is 0.282. The molecule has 2 atom stereocenters. The monoisotopic (exact) mass is 352 g/mol. The highest BCUT2D eigenvalue weighted by Crippen LogP contribution is 2.25. The van der Waals surface area contributed by atoms with E-state index < -0.39 is 18.2 Å². The second kappa shape index (κ2) is 7.57. The molecule has 3 aliphatic rings. The van der Waals surface area contributed by atoms with Gasteiger partial charge in [-0.25, -0.2) is 9.79 Å². The maximum Gasteiger partial charge on any atom is 0.325 e. The number of piperazine rings is 1. The van der Waals surface area contributed by atoms with E-state index in [2.05, 4.69) is 22.0 Å². The third-order valence-corrected chi connectivity index (χ3v) is 5.12. The molecule has 1 N–H and O–H groups in total.